The Morgan fingerprint density at radius 3 is 1.23 bits per heavy atom. The zero-order chi connectivity index (χ0) is 48.8. The van der Waals surface area contributed by atoms with Crippen LogP contribution >= 0.6 is 0 Å². The minimum Gasteiger partial charge on any atom is -0.465 e. The Morgan fingerprint density at radius 1 is 0.557 bits per heavy atom. The summed E-state index contributed by atoms with van der Waals surface area (Å²) in [4.78, 5) is 73.7. The molecule has 16 nitrogen and oxygen atoms in total. The van der Waals surface area contributed by atoms with Gasteiger partial charge in [-0.25, -0.2) is 19.6 Å². The van der Waals surface area contributed by atoms with Crippen molar-refractivity contribution in [3.05, 3.63) is 72.6 Å². The van der Waals surface area contributed by atoms with Crippen LogP contribution in [0.2, 0.25) is 0 Å². The van der Waals surface area contributed by atoms with Gasteiger partial charge in [0.2, 0.25) is 11.8 Å². The standard InChI is InChI=1S/C54H70N8O8/c1-29-17-41(18-30(2)69-29)47(59-53(65)66)51(63)61-27-35(21-33-5-6-33)23-45(61)49-55-25-43(57-49)39-13-9-37(10-14-39)38-11-15-40(16-12-38)44-26-56-50(58-44)46-24-36(22-34-7-8-34)28-62(46)52(64)48(60-54(67)68)42-19-31(3)70-32(4)20-42/h9-16,25-26,29-36,41-42,45-48,59-60H,5-8,17-24,27-28H2,1-4H3,(H,55,57)(H,56,58)(H,65,66)(H,67,68)/t29-,30-,31-,32-,35-,36-,45+,46+,47+,48+/m1/s1. The van der Waals surface area contributed by atoms with Gasteiger partial charge in [-0.2, -0.15) is 0 Å². The summed E-state index contributed by atoms with van der Waals surface area (Å²) in [6, 6.07) is 14.4. The number of carbonyl (C=O) groups excluding carboxylic acids is 2. The van der Waals surface area contributed by atoms with E-state index in [-0.39, 0.29) is 60.1 Å². The van der Waals surface area contributed by atoms with Gasteiger partial charge < -0.3 is 50.1 Å². The monoisotopic (exact) mass is 959 g/mol. The number of hydrogen-bond acceptors (Lipinski definition) is 8. The van der Waals surface area contributed by atoms with E-state index in [0.717, 1.165) is 71.0 Å². The molecule has 2 saturated carbocycles. The predicted octanol–water partition coefficient (Wildman–Crippen LogP) is 9.19. The summed E-state index contributed by atoms with van der Waals surface area (Å²) in [7, 11) is 0. The lowest BCUT2D eigenvalue weighted by Crippen LogP contribution is -2.54. The fraction of sp³-hybridized carbons (Fsp3) is 0.593. The summed E-state index contributed by atoms with van der Waals surface area (Å²) in [5, 5.41) is 25.0. The van der Waals surface area contributed by atoms with Crippen LogP contribution in [0.4, 0.5) is 9.59 Å². The Hall–Kier alpha value is -5.74. The minimum atomic E-state index is -1.19. The van der Waals surface area contributed by atoms with Gasteiger partial charge >= 0.3 is 12.2 Å². The van der Waals surface area contributed by atoms with E-state index in [0.29, 0.717) is 62.4 Å². The van der Waals surface area contributed by atoms with Crippen LogP contribution in [0.15, 0.2) is 60.9 Å². The van der Waals surface area contributed by atoms with Crippen LogP contribution in [0.25, 0.3) is 33.6 Å². The third kappa shape index (κ3) is 10.9. The molecule has 374 valence electrons. The van der Waals surface area contributed by atoms with Gasteiger partial charge in [-0.1, -0.05) is 74.2 Å². The van der Waals surface area contributed by atoms with E-state index < -0.39 is 24.3 Å². The third-order valence-electron chi connectivity index (χ3n) is 16.1. The average molecular weight is 959 g/mol. The topological polar surface area (TPSA) is 215 Å². The second-order valence-electron chi connectivity index (χ2n) is 21.9. The number of benzene rings is 2. The highest BCUT2D eigenvalue weighted by Crippen LogP contribution is 2.46. The van der Waals surface area contributed by atoms with Crippen LogP contribution in [-0.2, 0) is 19.1 Å². The quantitative estimate of drug-likeness (QED) is 0.0664. The van der Waals surface area contributed by atoms with Gasteiger partial charge in [0, 0.05) is 13.1 Å². The fourth-order valence-corrected chi connectivity index (χ4v) is 12.7. The van der Waals surface area contributed by atoms with Gasteiger partial charge in [-0.15, -0.1) is 0 Å². The molecule has 0 radical (unpaired) electrons. The number of nitrogens with one attached hydrogen (secondary N) is 4. The van der Waals surface area contributed by atoms with E-state index in [1.165, 1.54) is 25.7 Å². The Morgan fingerprint density at radius 2 is 0.900 bits per heavy atom. The number of amides is 4. The number of aromatic nitrogens is 4. The first-order valence-corrected chi connectivity index (χ1v) is 25.9. The van der Waals surface area contributed by atoms with Crippen LogP contribution in [0.1, 0.15) is 128 Å². The molecule has 70 heavy (non-hydrogen) atoms. The van der Waals surface area contributed by atoms with E-state index in [2.05, 4.69) is 69.1 Å². The number of ether oxygens (including phenoxy) is 2. The fourth-order valence-electron chi connectivity index (χ4n) is 12.7. The molecule has 6 N–H and O–H groups in total. The number of aromatic amines is 2. The lowest BCUT2D eigenvalue weighted by atomic mass is 9.85. The molecule has 4 saturated heterocycles. The zero-order valence-corrected chi connectivity index (χ0v) is 40.9. The highest BCUT2D eigenvalue weighted by Gasteiger charge is 2.47. The first kappa shape index (κ1) is 47.9. The van der Waals surface area contributed by atoms with Crippen molar-refractivity contribution in [3.8, 4) is 33.6 Å². The number of rotatable bonds is 15. The summed E-state index contributed by atoms with van der Waals surface area (Å²) >= 11 is 0. The SMILES string of the molecule is C[C@@H]1CC([C@H](NC(=O)O)C(=O)N2C[C@H](CC3CC3)C[C@H]2c2ncc(-c3ccc(-c4ccc(-c5cnc([C@@H]6C[C@@H](CC7CC7)CN6C(=O)[C@@H](NC(=O)O)C6C[C@@H](C)O[C@H](C)C6)[nH]5)cc4)cc3)[nH]2)C[C@@H](C)O1. The summed E-state index contributed by atoms with van der Waals surface area (Å²) in [5.74, 6) is 2.79. The minimum absolute atomic E-state index is 0.0620. The Balaban J connectivity index is 0.824. The Bertz CT molecular complexity index is 2310. The second kappa shape index (κ2) is 20.2. The number of H-pyrrole nitrogens is 2. The molecule has 4 aliphatic heterocycles. The molecule has 10 atom stereocenters. The molecule has 0 bridgehead atoms. The normalized spacial score (nSPS) is 29.9. The van der Waals surface area contributed by atoms with Crippen LogP contribution in [-0.4, -0.2) is 114 Å². The number of carbonyl (C=O) groups is 4. The lowest BCUT2D eigenvalue weighted by Gasteiger charge is -2.38. The zero-order valence-electron chi connectivity index (χ0n) is 40.9. The van der Waals surface area contributed by atoms with E-state index in [4.69, 9.17) is 19.4 Å². The number of likely N-dealkylation sites (tertiary alicyclic amines) is 2. The molecule has 4 aromatic rings. The Labute approximate surface area is 410 Å². The largest absolute Gasteiger partial charge is 0.465 e. The van der Waals surface area contributed by atoms with Crippen molar-refractivity contribution < 1.29 is 38.9 Å². The van der Waals surface area contributed by atoms with Crippen LogP contribution in [0.3, 0.4) is 0 Å². The number of hydrogen-bond donors (Lipinski definition) is 6. The molecule has 16 heteroatoms. The van der Waals surface area contributed by atoms with Crippen molar-refractivity contribution in [2.45, 2.75) is 153 Å². The molecule has 4 amide bonds. The smallest absolute Gasteiger partial charge is 0.405 e. The maximum atomic E-state index is 14.5. The van der Waals surface area contributed by atoms with Gasteiger partial charge in [0.15, 0.2) is 0 Å². The molecule has 0 spiro atoms. The number of imidazole rings is 2. The summed E-state index contributed by atoms with van der Waals surface area (Å²) in [6.45, 7) is 9.11. The molecule has 2 aromatic carbocycles. The van der Waals surface area contributed by atoms with Gasteiger partial charge in [-0.3, -0.25) is 9.59 Å². The molecule has 2 aliphatic carbocycles. The van der Waals surface area contributed by atoms with Crippen molar-refractivity contribution in [2.75, 3.05) is 13.1 Å². The first-order chi connectivity index (χ1) is 33.7. The van der Waals surface area contributed by atoms with Crippen LogP contribution < -0.4 is 10.6 Å². The predicted molar refractivity (Wildman–Crippen MR) is 262 cm³/mol. The molecule has 0 unspecified atom stereocenters. The van der Waals surface area contributed by atoms with E-state index in [1.807, 2.05) is 49.9 Å². The van der Waals surface area contributed by atoms with Crippen molar-refractivity contribution in [2.24, 2.45) is 35.5 Å². The van der Waals surface area contributed by atoms with E-state index in [1.54, 1.807) is 0 Å². The maximum Gasteiger partial charge on any atom is 0.405 e. The molecule has 6 aliphatic rings. The van der Waals surface area contributed by atoms with E-state index in [9.17, 15) is 29.4 Å². The van der Waals surface area contributed by atoms with Crippen LogP contribution in [0, 0.1) is 35.5 Å². The molecule has 6 fully saturated rings. The average Bonchev–Trinajstić information content (AvgIpc) is 4.04. The van der Waals surface area contributed by atoms with E-state index >= 15 is 0 Å². The second-order valence-corrected chi connectivity index (χ2v) is 21.9. The van der Waals surface area contributed by atoms with Gasteiger partial charge in [-0.05, 0) is 137 Å². The highest BCUT2D eigenvalue weighted by atomic mass is 16.5. The van der Waals surface area contributed by atoms with Gasteiger partial charge in [0.05, 0.1) is 60.3 Å². The molecule has 6 heterocycles. The summed E-state index contributed by atoms with van der Waals surface area (Å²) in [5.41, 5.74) is 5.71. The highest BCUT2D eigenvalue weighted by molar-refractivity contribution is 5.87. The number of nitrogens with zero attached hydrogens (tertiary/aromatic N) is 4. The van der Waals surface area contributed by atoms with Crippen molar-refractivity contribution >= 4 is 24.0 Å². The van der Waals surface area contributed by atoms with Gasteiger partial charge in [0.1, 0.15) is 23.7 Å². The van der Waals surface area contributed by atoms with Crippen molar-refractivity contribution in [3.63, 3.8) is 0 Å². The molecule has 2 aromatic heterocycles. The third-order valence-corrected chi connectivity index (χ3v) is 16.1. The van der Waals surface area contributed by atoms with Crippen LogP contribution in [0.5, 0.6) is 0 Å². The van der Waals surface area contributed by atoms with Crippen molar-refractivity contribution in [1.82, 2.24) is 40.4 Å². The maximum absolute atomic E-state index is 14.5. The molecule has 10 rings (SSSR count). The summed E-state index contributed by atoms with van der Waals surface area (Å²) < 4.78 is 11.9. The molecular weight excluding hydrogens is 889 g/mol. The first-order valence-electron chi connectivity index (χ1n) is 25.9. The lowest BCUT2D eigenvalue weighted by molar-refractivity contribution is -0.139. The van der Waals surface area contributed by atoms with Gasteiger partial charge in [0.25, 0.3) is 0 Å². The Kier molecular flexibility index (Phi) is 13.8. The van der Waals surface area contributed by atoms with Crippen molar-refractivity contribution in [1.29, 1.82) is 0 Å². The number of carboxylic acid groups (broad SMARTS) is 2. The summed E-state index contributed by atoms with van der Waals surface area (Å²) in [6.07, 6.45) is 12.1. The molecular formula is C54H70N8O8.